The van der Waals surface area contributed by atoms with Crippen LogP contribution in [0.1, 0.15) is 22.3 Å². The smallest absolute Gasteiger partial charge is 0.161 e. The minimum Gasteiger partial charge on any atom is -0.228 e. The first kappa shape index (κ1) is 34.6. The van der Waals surface area contributed by atoms with E-state index in [-0.39, 0.29) is 0 Å². The highest BCUT2D eigenvalue weighted by atomic mass is 14.9. The SMILES string of the molecule is c1ccc(-c2ccc(-c3cc(-c4ccc(-c5ccccc5)cc4)nc(-c4cc5ccccc5c5c4-c4ccccc4C5(c4ccccc4)c4ccccc4)n3)cc2)cc1. The van der Waals surface area contributed by atoms with Gasteiger partial charge in [0.05, 0.1) is 16.8 Å². The molecule has 1 heterocycles. The maximum atomic E-state index is 5.51. The van der Waals surface area contributed by atoms with E-state index in [1.165, 1.54) is 61.0 Å². The lowest BCUT2D eigenvalue weighted by molar-refractivity contribution is 0.775. The second kappa shape index (κ2) is 14.4. The zero-order chi connectivity index (χ0) is 39.2. The average molecular weight is 751 g/mol. The highest BCUT2D eigenvalue weighted by Crippen LogP contribution is 2.60. The standard InChI is InChI=1S/C57H38N2/c1-5-17-39(18-6-1)41-29-33-43(34-30-41)52-38-53(44-35-31-42(32-36-44)40-19-7-2-8-20-40)59-56(58-52)50-37-45-21-13-14-26-48(45)55-54(50)49-27-15-16-28-51(49)57(55,46-22-9-3-10-23-46)47-24-11-4-12-25-47/h1-38H. The summed E-state index contributed by atoms with van der Waals surface area (Å²) < 4.78 is 0. The Hall–Kier alpha value is -7.68. The van der Waals surface area contributed by atoms with Crippen molar-refractivity contribution >= 4 is 10.8 Å². The number of hydrogen-bond acceptors (Lipinski definition) is 2. The molecule has 2 heteroatoms. The van der Waals surface area contributed by atoms with E-state index < -0.39 is 5.41 Å². The van der Waals surface area contributed by atoms with Crippen molar-refractivity contribution in [3.63, 3.8) is 0 Å². The molecule has 59 heavy (non-hydrogen) atoms. The van der Waals surface area contributed by atoms with Crippen LogP contribution < -0.4 is 0 Å². The van der Waals surface area contributed by atoms with Crippen LogP contribution in [0.3, 0.4) is 0 Å². The normalized spacial score (nSPS) is 12.5. The number of nitrogens with zero attached hydrogens (tertiary/aromatic N) is 2. The predicted molar refractivity (Wildman–Crippen MR) is 244 cm³/mol. The molecule has 0 radical (unpaired) electrons. The summed E-state index contributed by atoms with van der Waals surface area (Å²) in [5.74, 6) is 0.700. The zero-order valence-electron chi connectivity index (χ0n) is 32.3. The summed E-state index contributed by atoms with van der Waals surface area (Å²) in [4.78, 5) is 11.0. The lowest BCUT2D eigenvalue weighted by atomic mass is 9.66. The third kappa shape index (κ3) is 5.80. The molecule has 1 aromatic heterocycles. The van der Waals surface area contributed by atoms with Gasteiger partial charge in [0.2, 0.25) is 0 Å². The van der Waals surface area contributed by atoms with E-state index in [4.69, 9.17) is 9.97 Å². The summed E-state index contributed by atoms with van der Waals surface area (Å²) >= 11 is 0. The van der Waals surface area contributed by atoms with Crippen molar-refractivity contribution < 1.29 is 0 Å². The Morgan fingerprint density at radius 2 is 0.746 bits per heavy atom. The minimum absolute atomic E-state index is 0.578. The Bertz CT molecular complexity index is 2960. The molecule has 1 aliphatic rings. The third-order valence-corrected chi connectivity index (χ3v) is 12.0. The van der Waals surface area contributed by atoms with E-state index in [1.807, 2.05) is 0 Å². The molecule has 2 nitrogen and oxygen atoms in total. The van der Waals surface area contributed by atoms with E-state index in [2.05, 4.69) is 231 Å². The first-order chi connectivity index (χ1) is 29.3. The van der Waals surface area contributed by atoms with E-state index >= 15 is 0 Å². The maximum absolute atomic E-state index is 5.51. The van der Waals surface area contributed by atoms with Crippen LogP contribution in [0.4, 0.5) is 0 Å². The van der Waals surface area contributed by atoms with Gasteiger partial charge in [-0.05, 0) is 78.5 Å². The molecule has 0 unspecified atom stereocenters. The molecular formula is C57H38N2. The fourth-order valence-corrected chi connectivity index (χ4v) is 9.29. The number of fused-ring (bicyclic) bond motifs is 5. The molecule has 10 aromatic rings. The molecule has 0 spiro atoms. The van der Waals surface area contributed by atoms with Gasteiger partial charge in [0.1, 0.15) is 0 Å². The number of aromatic nitrogens is 2. The molecular weight excluding hydrogens is 713 g/mol. The van der Waals surface area contributed by atoms with Gasteiger partial charge in [0.15, 0.2) is 5.82 Å². The highest BCUT2D eigenvalue weighted by Gasteiger charge is 2.48. The third-order valence-electron chi connectivity index (χ3n) is 12.0. The van der Waals surface area contributed by atoms with Gasteiger partial charge in [-0.1, -0.05) is 218 Å². The number of benzene rings is 9. The van der Waals surface area contributed by atoms with Crippen molar-refractivity contribution in [2.45, 2.75) is 5.41 Å². The fraction of sp³-hybridized carbons (Fsp3) is 0.0175. The van der Waals surface area contributed by atoms with Gasteiger partial charge in [0.25, 0.3) is 0 Å². The van der Waals surface area contributed by atoms with E-state index in [0.717, 1.165) is 33.5 Å². The van der Waals surface area contributed by atoms with Crippen molar-refractivity contribution in [1.82, 2.24) is 9.97 Å². The quantitative estimate of drug-likeness (QED) is 0.162. The van der Waals surface area contributed by atoms with Gasteiger partial charge < -0.3 is 0 Å². The molecule has 0 fully saturated rings. The molecule has 0 saturated heterocycles. The van der Waals surface area contributed by atoms with Crippen LogP contribution in [0.15, 0.2) is 231 Å². The van der Waals surface area contributed by atoms with Gasteiger partial charge >= 0.3 is 0 Å². The topological polar surface area (TPSA) is 25.8 Å². The second-order valence-electron chi connectivity index (χ2n) is 15.3. The lowest BCUT2D eigenvalue weighted by Gasteiger charge is -2.34. The highest BCUT2D eigenvalue weighted by molar-refractivity contribution is 6.06. The van der Waals surface area contributed by atoms with Gasteiger partial charge in [-0.15, -0.1) is 0 Å². The Kier molecular flexibility index (Phi) is 8.41. The summed E-state index contributed by atoms with van der Waals surface area (Å²) in [5, 5.41) is 2.37. The second-order valence-corrected chi connectivity index (χ2v) is 15.3. The maximum Gasteiger partial charge on any atom is 0.161 e. The van der Waals surface area contributed by atoms with Crippen LogP contribution in [0, 0.1) is 0 Å². The van der Waals surface area contributed by atoms with Crippen LogP contribution in [0.5, 0.6) is 0 Å². The minimum atomic E-state index is -0.578. The predicted octanol–water partition coefficient (Wildman–Crippen LogP) is 14.3. The van der Waals surface area contributed by atoms with E-state index in [9.17, 15) is 0 Å². The van der Waals surface area contributed by atoms with E-state index in [1.54, 1.807) is 0 Å². The number of rotatable bonds is 7. The van der Waals surface area contributed by atoms with Gasteiger partial charge in [-0.25, -0.2) is 9.97 Å². The largest absolute Gasteiger partial charge is 0.228 e. The van der Waals surface area contributed by atoms with Crippen LogP contribution >= 0.6 is 0 Å². The van der Waals surface area contributed by atoms with Crippen molar-refractivity contribution in [3.8, 4) is 67.3 Å². The molecule has 0 amide bonds. The molecule has 0 N–H and O–H groups in total. The Morgan fingerprint density at radius 3 is 1.29 bits per heavy atom. The molecule has 11 rings (SSSR count). The number of hydrogen-bond donors (Lipinski definition) is 0. The average Bonchev–Trinajstić information content (AvgIpc) is 3.65. The zero-order valence-corrected chi connectivity index (χ0v) is 32.3. The molecule has 0 bridgehead atoms. The molecule has 0 atom stereocenters. The molecule has 1 aliphatic carbocycles. The van der Waals surface area contributed by atoms with E-state index in [0.29, 0.717) is 5.82 Å². The molecule has 9 aromatic carbocycles. The first-order valence-corrected chi connectivity index (χ1v) is 20.2. The molecule has 0 saturated carbocycles. The Labute approximate surface area is 344 Å². The summed E-state index contributed by atoms with van der Waals surface area (Å²) in [7, 11) is 0. The van der Waals surface area contributed by atoms with Crippen molar-refractivity contribution in [2.75, 3.05) is 0 Å². The van der Waals surface area contributed by atoms with Crippen LogP contribution in [0.25, 0.3) is 78.1 Å². The Morgan fingerprint density at radius 1 is 0.322 bits per heavy atom. The summed E-state index contributed by atoms with van der Waals surface area (Å²) in [5.41, 5.74) is 16.3. The monoisotopic (exact) mass is 750 g/mol. The summed E-state index contributed by atoms with van der Waals surface area (Å²) in [6.45, 7) is 0. The van der Waals surface area contributed by atoms with Crippen LogP contribution in [-0.4, -0.2) is 9.97 Å². The Balaban J connectivity index is 1.19. The van der Waals surface area contributed by atoms with Crippen molar-refractivity contribution in [3.05, 3.63) is 253 Å². The van der Waals surface area contributed by atoms with Crippen LogP contribution in [-0.2, 0) is 5.41 Å². The van der Waals surface area contributed by atoms with Gasteiger partial charge in [0, 0.05) is 16.7 Å². The molecule has 276 valence electrons. The van der Waals surface area contributed by atoms with Crippen molar-refractivity contribution in [1.29, 1.82) is 0 Å². The first-order valence-electron chi connectivity index (χ1n) is 20.2. The fourth-order valence-electron chi connectivity index (χ4n) is 9.29. The van der Waals surface area contributed by atoms with Gasteiger partial charge in [-0.3, -0.25) is 0 Å². The molecule has 0 aliphatic heterocycles. The summed E-state index contributed by atoms with van der Waals surface area (Å²) in [6, 6.07) is 82.8. The summed E-state index contributed by atoms with van der Waals surface area (Å²) in [6.07, 6.45) is 0. The van der Waals surface area contributed by atoms with Gasteiger partial charge in [-0.2, -0.15) is 0 Å². The van der Waals surface area contributed by atoms with Crippen LogP contribution in [0.2, 0.25) is 0 Å². The lowest BCUT2D eigenvalue weighted by Crippen LogP contribution is -2.28. The van der Waals surface area contributed by atoms with Crippen molar-refractivity contribution in [2.24, 2.45) is 0 Å².